The molecule has 4 heterocycles. The first-order valence-electron chi connectivity index (χ1n) is 18.1. The van der Waals surface area contributed by atoms with E-state index in [-0.39, 0.29) is 31.9 Å². The van der Waals surface area contributed by atoms with Gasteiger partial charge < -0.3 is 9.97 Å². The molecule has 0 aliphatic heterocycles. The maximum absolute atomic E-state index is 5.47. The number of para-hydroxylation sites is 1. The number of fused-ring (bicyclic) bond motifs is 5. The summed E-state index contributed by atoms with van der Waals surface area (Å²) in [6.45, 7) is 15.8. The number of hydrogen-bond donors (Lipinski definition) is 0. The predicted octanol–water partition coefficient (Wildman–Crippen LogP) is 11.7. The van der Waals surface area contributed by atoms with Gasteiger partial charge in [0.05, 0.1) is 16.9 Å². The summed E-state index contributed by atoms with van der Waals surface area (Å²) in [6.07, 6.45) is 1.88. The van der Waals surface area contributed by atoms with E-state index in [2.05, 4.69) is 164 Å². The van der Waals surface area contributed by atoms with Crippen LogP contribution in [0.1, 0.15) is 58.2 Å². The third-order valence-corrected chi connectivity index (χ3v) is 10.4. The molecule has 5 aromatic carbocycles. The monoisotopic (exact) mass is 870 g/mol. The maximum Gasteiger partial charge on any atom is 2.00 e. The number of rotatable bonds is 4. The summed E-state index contributed by atoms with van der Waals surface area (Å²) in [5, 5.41) is 9.99. The molecule has 0 radical (unpaired) electrons. The second-order valence-corrected chi connectivity index (χ2v) is 16.2. The summed E-state index contributed by atoms with van der Waals surface area (Å²) < 4.78 is 2.02. The Balaban J connectivity index is 0.00000400. The van der Waals surface area contributed by atoms with Crippen molar-refractivity contribution in [2.75, 3.05) is 0 Å². The number of aryl methyl sites for hydroxylation is 1. The molecule has 6 heteroatoms. The molecule has 0 saturated heterocycles. The van der Waals surface area contributed by atoms with Crippen molar-refractivity contribution in [1.82, 2.24) is 24.7 Å². The van der Waals surface area contributed by atoms with Crippen molar-refractivity contribution in [3.8, 4) is 39.5 Å². The van der Waals surface area contributed by atoms with Gasteiger partial charge in [0.1, 0.15) is 0 Å². The average molecular weight is 871 g/mol. The third kappa shape index (κ3) is 6.02. The molecule has 5 nitrogen and oxygen atoms in total. The van der Waals surface area contributed by atoms with Gasteiger partial charge in [-0.05, 0) is 91.1 Å². The van der Waals surface area contributed by atoms with Crippen LogP contribution in [0.2, 0.25) is 0 Å². The zero-order valence-electron chi connectivity index (χ0n) is 31.1. The molecule has 0 aliphatic rings. The standard InChI is InChI=1S/C47H41N5.Pt/c1-28-21-30-19-20-48-43(30)37(22-28)40-23-31(29-13-9-8-10-14-29)24-42(49-40)52-41-16-12-11-15-34(41)45(51-52)38-27-33(47(5,6)7)26-36-35-25-32(46(2,3)4)17-18-39(35)50-44(36)38;/h8-27H,1-7H3;/q-2;+2. The summed E-state index contributed by atoms with van der Waals surface area (Å²) in [5.41, 5.74) is 13.6. The van der Waals surface area contributed by atoms with Gasteiger partial charge in [-0.1, -0.05) is 139 Å². The quantitative estimate of drug-likeness (QED) is 0.177. The fourth-order valence-corrected chi connectivity index (χ4v) is 7.47. The fraction of sp³-hybridized carbons (Fsp3) is 0.191. The van der Waals surface area contributed by atoms with Crippen molar-refractivity contribution < 1.29 is 21.1 Å². The van der Waals surface area contributed by atoms with Gasteiger partial charge in [-0.25, -0.2) is 9.67 Å². The summed E-state index contributed by atoms with van der Waals surface area (Å²) in [6, 6.07) is 41.1. The Kier molecular flexibility index (Phi) is 8.35. The average Bonchev–Trinajstić information content (AvgIpc) is 3.86. The maximum atomic E-state index is 5.47. The van der Waals surface area contributed by atoms with Gasteiger partial charge >= 0.3 is 21.1 Å². The summed E-state index contributed by atoms with van der Waals surface area (Å²) in [5.74, 6) is 0.749. The van der Waals surface area contributed by atoms with E-state index in [4.69, 9.17) is 20.1 Å². The Hall–Kier alpha value is -5.25. The first kappa shape index (κ1) is 34.8. The van der Waals surface area contributed by atoms with E-state index in [1.807, 2.05) is 10.9 Å². The summed E-state index contributed by atoms with van der Waals surface area (Å²) >= 11 is 0. The van der Waals surface area contributed by atoms with Gasteiger partial charge in [-0.3, -0.25) is 0 Å². The number of pyridine rings is 1. The van der Waals surface area contributed by atoms with Gasteiger partial charge in [0, 0.05) is 5.39 Å². The minimum absolute atomic E-state index is 0. The predicted molar refractivity (Wildman–Crippen MR) is 216 cm³/mol. The molecule has 264 valence electrons. The van der Waals surface area contributed by atoms with Crippen molar-refractivity contribution in [1.29, 1.82) is 0 Å². The van der Waals surface area contributed by atoms with E-state index in [1.54, 1.807) is 0 Å². The minimum atomic E-state index is -0.0823. The minimum Gasteiger partial charge on any atom is -0.663 e. The Morgan fingerprint density at radius 2 is 1.34 bits per heavy atom. The van der Waals surface area contributed by atoms with Gasteiger partial charge in [-0.2, -0.15) is 11.3 Å². The van der Waals surface area contributed by atoms with Crippen molar-refractivity contribution >= 4 is 43.6 Å². The van der Waals surface area contributed by atoms with Crippen LogP contribution in [0.15, 0.2) is 121 Å². The largest absolute Gasteiger partial charge is 2.00 e. The van der Waals surface area contributed by atoms with Gasteiger partial charge in [-0.15, -0.1) is 16.6 Å². The van der Waals surface area contributed by atoms with Crippen LogP contribution in [-0.2, 0) is 31.9 Å². The molecule has 0 aliphatic carbocycles. The molecule has 9 rings (SSSR count). The molecule has 53 heavy (non-hydrogen) atoms. The molecular formula is C47H41N5Pt. The topological polar surface area (TPSA) is 58.9 Å². The van der Waals surface area contributed by atoms with Crippen LogP contribution in [0.5, 0.6) is 0 Å². The normalized spacial score (nSPS) is 12.3. The van der Waals surface area contributed by atoms with E-state index in [0.29, 0.717) is 0 Å². The van der Waals surface area contributed by atoms with Crippen LogP contribution in [0, 0.1) is 6.92 Å². The van der Waals surface area contributed by atoms with Crippen molar-refractivity contribution in [2.24, 2.45) is 0 Å². The second-order valence-electron chi connectivity index (χ2n) is 16.2. The van der Waals surface area contributed by atoms with E-state index in [0.717, 1.165) is 72.3 Å². The van der Waals surface area contributed by atoms with Crippen LogP contribution in [0.25, 0.3) is 83.1 Å². The molecule has 0 spiro atoms. The van der Waals surface area contributed by atoms with E-state index in [1.165, 1.54) is 27.5 Å². The van der Waals surface area contributed by atoms with Crippen LogP contribution in [0.4, 0.5) is 0 Å². The van der Waals surface area contributed by atoms with Crippen LogP contribution < -0.4 is 9.97 Å². The Morgan fingerprint density at radius 1 is 0.604 bits per heavy atom. The Labute approximate surface area is 324 Å². The van der Waals surface area contributed by atoms with E-state index in [9.17, 15) is 0 Å². The first-order chi connectivity index (χ1) is 24.9. The van der Waals surface area contributed by atoms with Crippen molar-refractivity contribution in [3.05, 3.63) is 138 Å². The number of nitrogens with zero attached hydrogens (tertiary/aromatic N) is 5. The van der Waals surface area contributed by atoms with E-state index >= 15 is 0 Å². The molecule has 4 aromatic heterocycles. The second kappa shape index (κ2) is 12.7. The number of hydrogen-bond acceptors (Lipinski definition) is 2. The summed E-state index contributed by atoms with van der Waals surface area (Å²) in [4.78, 5) is 15.4. The Morgan fingerprint density at radius 3 is 2.11 bits per heavy atom. The molecule has 0 N–H and O–H groups in total. The number of aromatic nitrogens is 5. The molecule has 0 fully saturated rings. The number of benzene rings is 5. The zero-order valence-corrected chi connectivity index (χ0v) is 33.4. The van der Waals surface area contributed by atoms with Gasteiger partial charge in [0.15, 0.2) is 5.82 Å². The first-order valence-corrected chi connectivity index (χ1v) is 18.1. The molecule has 0 unspecified atom stereocenters. The van der Waals surface area contributed by atoms with Gasteiger partial charge in [0.2, 0.25) is 0 Å². The molecule has 0 saturated carbocycles. The molecule has 0 bridgehead atoms. The van der Waals surface area contributed by atoms with Crippen molar-refractivity contribution in [2.45, 2.75) is 59.3 Å². The van der Waals surface area contributed by atoms with Gasteiger partial charge in [0.25, 0.3) is 0 Å². The SMILES string of the molecule is Cc1cc(-c2cc(-c3ccccc3)cc(-n3nc(-c4cc(C(C)(C)C)cc5c4[n-]c4ccc(C(C)(C)C)cc45)c4ccccc43)n2)c2[n-]ccc2c1.[Pt+2]. The molecule has 0 atom stereocenters. The summed E-state index contributed by atoms with van der Waals surface area (Å²) in [7, 11) is 0. The van der Waals surface area contributed by atoms with Crippen molar-refractivity contribution in [3.63, 3.8) is 0 Å². The fourth-order valence-electron chi connectivity index (χ4n) is 7.47. The zero-order chi connectivity index (χ0) is 35.9. The van der Waals surface area contributed by atoms with E-state index < -0.39 is 0 Å². The van der Waals surface area contributed by atoms with Crippen LogP contribution in [-0.4, -0.2) is 14.8 Å². The smallest absolute Gasteiger partial charge is 0.663 e. The van der Waals surface area contributed by atoms with Crippen LogP contribution in [0.3, 0.4) is 0 Å². The Bertz CT molecular complexity index is 2820. The van der Waals surface area contributed by atoms with Crippen LogP contribution >= 0.6 is 0 Å². The third-order valence-electron chi connectivity index (χ3n) is 10.4. The molecule has 0 amide bonds. The molecular weight excluding hydrogens is 830 g/mol. The molecule has 9 aromatic rings.